The van der Waals surface area contributed by atoms with E-state index in [4.69, 9.17) is 9.84 Å². The molecule has 0 saturated carbocycles. The summed E-state index contributed by atoms with van der Waals surface area (Å²) in [7, 11) is 1.58. The molecule has 0 aliphatic heterocycles. The number of benzene rings is 2. The zero-order valence-corrected chi connectivity index (χ0v) is 13.1. The molecule has 0 bridgehead atoms. The Kier molecular flexibility index (Phi) is 6.11. The van der Waals surface area contributed by atoms with Crippen LogP contribution in [0.15, 0.2) is 42.5 Å². The van der Waals surface area contributed by atoms with E-state index >= 15 is 0 Å². The lowest BCUT2D eigenvalue weighted by atomic mass is 9.99. The van der Waals surface area contributed by atoms with Gasteiger partial charge in [0.1, 0.15) is 0 Å². The van der Waals surface area contributed by atoms with Crippen LogP contribution in [-0.4, -0.2) is 30.7 Å². The van der Waals surface area contributed by atoms with Crippen LogP contribution in [0.25, 0.3) is 10.8 Å². The first-order chi connectivity index (χ1) is 11.1. The van der Waals surface area contributed by atoms with E-state index in [0.717, 1.165) is 16.3 Å². The summed E-state index contributed by atoms with van der Waals surface area (Å²) in [4.78, 5) is 23.1. The minimum atomic E-state index is -0.944. The maximum absolute atomic E-state index is 12.0. The lowest BCUT2D eigenvalue weighted by molar-refractivity contribution is -0.137. The van der Waals surface area contributed by atoms with Crippen LogP contribution >= 0.6 is 0 Å². The molecule has 1 amide bonds. The standard InChI is InChI=1S/C18H21NO4/c1-23-10-4-7-17(20)19-16(12-18(21)22)15-9-8-13-5-2-3-6-14(13)11-15/h2-3,5-6,8-9,11,16H,4,7,10,12H2,1H3,(H,19,20)(H,21,22)/t16-/m0/s1. The SMILES string of the molecule is COCCCC(=O)N[C@@H](CC(=O)O)c1ccc2ccccc2c1. The van der Waals surface area contributed by atoms with Crippen molar-refractivity contribution in [1.82, 2.24) is 5.32 Å². The average Bonchev–Trinajstić information content (AvgIpc) is 2.53. The molecule has 1 atom stereocenters. The first kappa shape index (κ1) is 17.0. The second-order valence-electron chi connectivity index (χ2n) is 5.42. The molecule has 2 aromatic carbocycles. The number of carbonyl (C=O) groups excluding carboxylic acids is 1. The quantitative estimate of drug-likeness (QED) is 0.734. The van der Waals surface area contributed by atoms with Gasteiger partial charge in [0, 0.05) is 20.1 Å². The minimum Gasteiger partial charge on any atom is -0.481 e. The summed E-state index contributed by atoms with van der Waals surface area (Å²) in [6.07, 6.45) is 0.783. The molecule has 0 spiro atoms. The van der Waals surface area contributed by atoms with Gasteiger partial charge in [-0.2, -0.15) is 0 Å². The van der Waals surface area contributed by atoms with Crippen LogP contribution in [0, 0.1) is 0 Å². The van der Waals surface area contributed by atoms with Crippen LogP contribution in [0.4, 0.5) is 0 Å². The second kappa shape index (κ2) is 8.29. The van der Waals surface area contributed by atoms with E-state index in [1.54, 1.807) is 7.11 Å². The molecule has 0 aliphatic carbocycles. The maximum atomic E-state index is 12.0. The molecule has 23 heavy (non-hydrogen) atoms. The first-order valence-electron chi connectivity index (χ1n) is 7.59. The molecule has 0 aliphatic rings. The molecule has 2 N–H and O–H groups in total. The number of carbonyl (C=O) groups is 2. The van der Waals surface area contributed by atoms with E-state index in [0.29, 0.717) is 19.4 Å². The third kappa shape index (κ3) is 5.07. The van der Waals surface area contributed by atoms with E-state index in [9.17, 15) is 9.59 Å². The van der Waals surface area contributed by atoms with Crippen molar-refractivity contribution in [2.24, 2.45) is 0 Å². The molecule has 0 radical (unpaired) electrons. The number of hydrogen-bond donors (Lipinski definition) is 2. The number of carboxylic acid groups (broad SMARTS) is 1. The average molecular weight is 315 g/mol. The number of hydrogen-bond acceptors (Lipinski definition) is 3. The summed E-state index contributed by atoms with van der Waals surface area (Å²) in [5.41, 5.74) is 0.797. The number of methoxy groups -OCH3 is 1. The predicted molar refractivity (Wildman–Crippen MR) is 88.2 cm³/mol. The number of carboxylic acids is 1. The van der Waals surface area contributed by atoms with E-state index in [1.165, 1.54) is 0 Å². The Morgan fingerprint density at radius 3 is 2.61 bits per heavy atom. The summed E-state index contributed by atoms with van der Waals surface area (Å²) in [5, 5.41) is 14.0. The van der Waals surface area contributed by atoms with Gasteiger partial charge in [0.05, 0.1) is 12.5 Å². The largest absolute Gasteiger partial charge is 0.481 e. The summed E-state index contributed by atoms with van der Waals surface area (Å²) in [5.74, 6) is -1.11. The van der Waals surface area contributed by atoms with Crippen LogP contribution in [0.1, 0.15) is 30.9 Å². The molecule has 5 heteroatoms. The Morgan fingerprint density at radius 2 is 1.91 bits per heavy atom. The van der Waals surface area contributed by atoms with Gasteiger partial charge in [0.25, 0.3) is 0 Å². The molecular formula is C18H21NO4. The van der Waals surface area contributed by atoms with Gasteiger partial charge in [-0.15, -0.1) is 0 Å². The molecule has 0 fully saturated rings. The third-order valence-electron chi connectivity index (χ3n) is 3.64. The highest BCUT2D eigenvalue weighted by atomic mass is 16.5. The zero-order valence-electron chi connectivity index (χ0n) is 13.1. The lowest BCUT2D eigenvalue weighted by Crippen LogP contribution is -2.30. The van der Waals surface area contributed by atoms with Crippen molar-refractivity contribution in [2.75, 3.05) is 13.7 Å². The third-order valence-corrected chi connectivity index (χ3v) is 3.64. The fraction of sp³-hybridized carbons (Fsp3) is 0.333. The van der Waals surface area contributed by atoms with Crippen LogP contribution in [0.3, 0.4) is 0 Å². The van der Waals surface area contributed by atoms with Gasteiger partial charge < -0.3 is 15.2 Å². The maximum Gasteiger partial charge on any atom is 0.305 e. The van der Waals surface area contributed by atoms with Gasteiger partial charge >= 0.3 is 5.97 Å². The van der Waals surface area contributed by atoms with E-state index in [1.807, 2.05) is 42.5 Å². The summed E-state index contributed by atoms with van der Waals surface area (Å²) >= 11 is 0. The van der Waals surface area contributed by atoms with Crippen LogP contribution in [0.5, 0.6) is 0 Å². The van der Waals surface area contributed by atoms with Crippen molar-refractivity contribution in [3.63, 3.8) is 0 Å². The summed E-state index contributed by atoms with van der Waals surface area (Å²) in [6.45, 7) is 0.507. The predicted octanol–water partition coefficient (Wildman–Crippen LogP) is 2.90. The molecule has 5 nitrogen and oxygen atoms in total. The molecule has 0 heterocycles. The molecule has 0 aromatic heterocycles. The smallest absolute Gasteiger partial charge is 0.305 e. The van der Waals surface area contributed by atoms with Crippen molar-refractivity contribution in [1.29, 1.82) is 0 Å². The first-order valence-corrected chi connectivity index (χ1v) is 7.59. The van der Waals surface area contributed by atoms with Crippen LogP contribution in [0.2, 0.25) is 0 Å². The van der Waals surface area contributed by atoms with Gasteiger partial charge in [0.2, 0.25) is 5.91 Å². The van der Waals surface area contributed by atoms with Crippen molar-refractivity contribution >= 4 is 22.6 Å². The Labute approximate surface area is 135 Å². The molecule has 0 saturated heterocycles. The van der Waals surface area contributed by atoms with Crippen molar-refractivity contribution in [3.8, 4) is 0 Å². The van der Waals surface area contributed by atoms with Gasteiger partial charge in [-0.05, 0) is 28.8 Å². The van der Waals surface area contributed by atoms with Crippen molar-refractivity contribution in [3.05, 3.63) is 48.0 Å². The Bertz CT molecular complexity index is 684. The highest BCUT2D eigenvalue weighted by molar-refractivity contribution is 5.84. The molecule has 122 valence electrons. The monoisotopic (exact) mass is 315 g/mol. The molecule has 2 aromatic rings. The normalized spacial score (nSPS) is 12.0. The number of fused-ring (bicyclic) bond motifs is 1. The minimum absolute atomic E-state index is 0.144. The number of nitrogens with one attached hydrogen (secondary N) is 1. The zero-order chi connectivity index (χ0) is 16.7. The van der Waals surface area contributed by atoms with E-state index in [2.05, 4.69) is 5.32 Å². The number of ether oxygens (including phenoxy) is 1. The lowest BCUT2D eigenvalue weighted by Gasteiger charge is -2.18. The Hall–Kier alpha value is -2.40. The highest BCUT2D eigenvalue weighted by Crippen LogP contribution is 2.23. The highest BCUT2D eigenvalue weighted by Gasteiger charge is 2.18. The van der Waals surface area contributed by atoms with Crippen molar-refractivity contribution in [2.45, 2.75) is 25.3 Å². The van der Waals surface area contributed by atoms with Gasteiger partial charge in [-0.3, -0.25) is 9.59 Å². The summed E-state index contributed by atoms with van der Waals surface area (Å²) < 4.78 is 4.92. The van der Waals surface area contributed by atoms with Gasteiger partial charge in [-0.1, -0.05) is 36.4 Å². The van der Waals surface area contributed by atoms with Gasteiger partial charge in [0.15, 0.2) is 0 Å². The van der Waals surface area contributed by atoms with Crippen LogP contribution < -0.4 is 5.32 Å². The van der Waals surface area contributed by atoms with E-state index < -0.39 is 12.0 Å². The fourth-order valence-electron chi connectivity index (χ4n) is 2.49. The fourth-order valence-corrected chi connectivity index (χ4v) is 2.49. The topological polar surface area (TPSA) is 75.6 Å². The number of rotatable bonds is 8. The molecular weight excluding hydrogens is 294 g/mol. The van der Waals surface area contributed by atoms with Crippen molar-refractivity contribution < 1.29 is 19.4 Å². The Morgan fingerprint density at radius 1 is 1.17 bits per heavy atom. The second-order valence-corrected chi connectivity index (χ2v) is 5.42. The molecule has 0 unspecified atom stereocenters. The van der Waals surface area contributed by atoms with Crippen LogP contribution in [-0.2, 0) is 14.3 Å². The van der Waals surface area contributed by atoms with Gasteiger partial charge in [-0.25, -0.2) is 0 Å². The Balaban J connectivity index is 2.15. The summed E-state index contributed by atoms with van der Waals surface area (Å²) in [6, 6.07) is 13.1. The number of amides is 1. The number of aliphatic carboxylic acids is 1. The van der Waals surface area contributed by atoms with E-state index in [-0.39, 0.29) is 12.3 Å². The molecule has 2 rings (SSSR count).